The molecule has 0 heterocycles. The van der Waals surface area contributed by atoms with Crippen LogP contribution in [0.1, 0.15) is 70.6 Å². The molecule has 0 nitrogen and oxygen atoms in total. The Balaban J connectivity index is -0.000000212. The summed E-state index contributed by atoms with van der Waals surface area (Å²) in [4.78, 5) is 0. The van der Waals surface area contributed by atoms with Gasteiger partial charge >= 0.3 is 0 Å². The summed E-state index contributed by atoms with van der Waals surface area (Å²) in [6, 6.07) is 42.0. The molecule has 0 spiro atoms. The van der Waals surface area contributed by atoms with Crippen molar-refractivity contribution in [2.45, 2.75) is 70.6 Å². The Bertz CT molecular complexity index is 728. The first-order chi connectivity index (χ1) is 17.5. The topological polar surface area (TPSA) is 0 Å². The normalized spacial score (nSPS) is 11.7. The molecule has 0 bridgehead atoms. The van der Waals surface area contributed by atoms with E-state index in [1.165, 1.54) is 44.9 Å². The molecular formula is C35H38Ni4-8. The smallest absolute Gasteiger partial charge is 0.00886 e. The van der Waals surface area contributed by atoms with Crippen LogP contribution in [0.3, 0.4) is 0 Å². The predicted octanol–water partition coefficient (Wildman–Crippen LogP) is 9.11. The second-order valence-electron chi connectivity index (χ2n) is 7.75. The number of hydrogen-bond donors (Lipinski definition) is 0. The van der Waals surface area contributed by atoms with E-state index in [0.29, 0.717) is 0 Å². The largest absolute Gasteiger partial charge is 0.999 e. The second-order valence-corrected chi connectivity index (χ2v) is 7.75. The van der Waals surface area contributed by atoms with Crippen molar-refractivity contribution < 1.29 is 66.0 Å². The summed E-state index contributed by atoms with van der Waals surface area (Å²) in [6.45, 7) is 0. The van der Waals surface area contributed by atoms with Crippen molar-refractivity contribution in [1.29, 1.82) is 0 Å². The summed E-state index contributed by atoms with van der Waals surface area (Å²) >= 11 is 0. The average Bonchev–Trinajstić information content (AvgIpc) is 3.74. The van der Waals surface area contributed by atoms with Gasteiger partial charge in [-0.25, -0.2) is 36.4 Å². The first-order valence-electron chi connectivity index (χ1n) is 12.7. The Morgan fingerprint density at radius 3 is 0.821 bits per heavy atom. The van der Waals surface area contributed by atoms with Crippen molar-refractivity contribution >= 4 is 0 Å². The molecule has 226 valence electrons. The Morgan fingerprint density at radius 1 is 0.385 bits per heavy atom. The van der Waals surface area contributed by atoms with Crippen LogP contribution in [0.15, 0.2) is 97.1 Å². The molecule has 0 atom stereocenters. The fourth-order valence-electron chi connectivity index (χ4n) is 2.88. The zero-order valence-electron chi connectivity index (χ0n) is 22.3. The van der Waals surface area contributed by atoms with E-state index in [4.69, 9.17) is 0 Å². The Morgan fingerprint density at radius 2 is 0.641 bits per heavy atom. The van der Waals surface area contributed by atoms with Gasteiger partial charge in [0, 0.05) is 91.6 Å². The maximum absolute atomic E-state index is 3.27. The van der Waals surface area contributed by atoms with E-state index in [0.717, 1.165) is 25.7 Å². The van der Waals surface area contributed by atoms with Gasteiger partial charge in [0.25, 0.3) is 0 Å². The molecule has 4 heteroatoms. The van der Waals surface area contributed by atoms with Crippen molar-refractivity contribution in [3.05, 3.63) is 121 Å². The molecule has 0 aliphatic heterocycles. The summed E-state index contributed by atoms with van der Waals surface area (Å²) in [5.41, 5.74) is 0. The SMILES string of the molecule is C1#CCCCCCCC#CCCCCC1.[Ni].[Ni].[Ni].[Ni].[c-]1[c-][c-][cH-][c-]1.c1cc[cH-]c1.c1cc[cH-]c1.c1cc[cH-]c1. The maximum atomic E-state index is 3.27. The van der Waals surface area contributed by atoms with Crippen LogP contribution < -0.4 is 0 Å². The number of hydrogen-bond acceptors (Lipinski definition) is 0. The molecule has 0 amide bonds. The zero-order chi connectivity index (χ0) is 24.7. The second kappa shape index (κ2) is 41.0. The minimum atomic E-state index is 0. The quantitative estimate of drug-likeness (QED) is 0.0980. The third-order valence-corrected chi connectivity index (χ3v) is 4.72. The molecule has 0 fully saturated rings. The van der Waals surface area contributed by atoms with E-state index in [2.05, 4.69) is 47.9 Å². The van der Waals surface area contributed by atoms with Crippen LogP contribution in [-0.2, 0) is 66.0 Å². The molecule has 0 aromatic heterocycles. The monoisotopic (exact) mass is 690 g/mol. The summed E-state index contributed by atoms with van der Waals surface area (Å²) in [6.07, 6.45) is 13.4. The molecule has 0 saturated heterocycles. The molecule has 0 saturated carbocycles. The minimum Gasteiger partial charge on any atom is -0.999 e. The van der Waals surface area contributed by atoms with Gasteiger partial charge in [-0.3, -0.25) is 0 Å². The fourth-order valence-corrected chi connectivity index (χ4v) is 2.88. The third-order valence-electron chi connectivity index (χ3n) is 4.72. The molecule has 0 N–H and O–H groups in total. The van der Waals surface area contributed by atoms with Gasteiger partial charge < -0.3 is 30.3 Å². The van der Waals surface area contributed by atoms with E-state index >= 15 is 0 Å². The summed E-state index contributed by atoms with van der Waals surface area (Å²) in [5, 5.41) is 0. The Hall–Kier alpha value is -1.51. The van der Waals surface area contributed by atoms with E-state index < -0.39 is 0 Å². The maximum Gasteiger partial charge on any atom is 0.00886 e. The van der Waals surface area contributed by atoms with Crippen molar-refractivity contribution in [2.75, 3.05) is 0 Å². The van der Waals surface area contributed by atoms with Gasteiger partial charge in [0.05, 0.1) is 0 Å². The van der Waals surface area contributed by atoms with Gasteiger partial charge in [0.1, 0.15) is 0 Å². The molecule has 0 unspecified atom stereocenters. The molecular weight excluding hydrogens is 655 g/mol. The molecule has 0 radical (unpaired) electrons. The summed E-state index contributed by atoms with van der Waals surface area (Å²) in [5.74, 6) is 13.1. The van der Waals surface area contributed by atoms with Crippen LogP contribution in [0.25, 0.3) is 0 Å². The van der Waals surface area contributed by atoms with Crippen LogP contribution in [0.4, 0.5) is 0 Å². The van der Waals surface area contributed by atoms with E-state index in [9.17, 15) is 0 Å². The van der Waals surface area contributed by atoms with Crippen LogP contribution >= 0.6 is 0 Å². The molecule has 1 aliphatic carbocycles. The predicted molar refractivity (Wildman–Crippen MR) is 150 cm³/mol. The van der Waals surface area contributed by atoms with Crippen molar-refractivity contribution in [3.63, 3.8) is 0 Å². The molecule has 5 rings (SSSR count). The van der Waals surface area contributed by atoms with Crippen LogP contribution in [0.5, 0.6) is 0 Å². The van der Waals surface area contributed by atoms with E-state index in [1.54, 1.807) is 6.07 Å². The van der Waals surface area contributed by atoms with Gasteiger partial charge in [-0.1, -0.05) is 19.3 Å². The summed E-state index contributed by atoms with van der Waals surface area (Å²) in [7, 11) is 0. The van der Waals surface area contributed by atoms with E-state index in [-0.39, 0.29) is 66.0 Å². The van der Waals surface area contributed by atoms with Gasteiger partial charge in [-0.2, -0.15) is 54.6 Å². The number of rotatable bonds is 0. The third kappa shape index (κ3) is 38.7. The van der Waals surface area contributed by atoms with Crippen molar-refractivity contribution in [2.24, 2.45) is 0 Å². The van der Waals surface area contributed by atoms with Gasteiger partial charge in [-0.15, -0.1) is 23.7 Å². The Labute approximate surface area is 279 Å². The van der Waals surface area contributed by atoms with Crippen LogP contribution in [0.2, 0.25) is 0 Å². The minimum absolute atomic E-state index is 0. The molecule has 1 aliphatic rings. The van der Waals surface area contributed by atoms with Crippen molar-refractivity contribution in [3.8, 4) is 23.7 Å². The fraction of sp³-hybridized carbons (Fsp3) is 0.314. The first kappa shape index (κ1) is 44.5. The standard InChI is InChI=1S/C15H22.3C5H5.C5H.4Ni/c1-2-4-6-8-10-12-14-15-13-11-9-7-5-3-1;4*1-2-4-5-3-1;;;;/h1-6,11-15H2;3*1-5H;1H;;;;/q;3*-1;-5;;;;. The average molecular weight is 693 g/mol. The van der Waals surface area contributed by atoms with Gasteiger partial charge in [-0.05, 0) is 25.7 Å². The molecule has 39 heavy (non-hydrogen) atoms. The zero-order valence-corrected chi connectivity index (χ0v) is 26.2. The van der Waals surface area contributed by atoms with E-state index in [1.807, 2.05) is 91.0 Å². The molecule has 4 aromatic carbocycles. The van der Waals surface area contributed by atoms with Gasteiger partial charge in [0.2, 0.25) is 0 Å². The molecule has 4 aromatic rings. The van der Waals surface area contributed by atoms with Crippen molar-refractivity contribution in [1.82, 2.24) is 0 Å². The van der Waals surface area contributed by atoms with Crippen LogP contribution in [0, 0.1) is 47.9 Å². The summed E-state index contributed by atoms with van der Waals surface area (Å²) < 4.78 is 0. The first-order valence-corrected chi connectivity index (χ1v) is 12.7. The van der Waals surface area contributed by atoms with Gasteiger partial charge in [0.15, 0.2) is 0 Å². The van der Waals surface area contributed by atoms with Crippen LogP contribution in [-0.4, -0.2) is 0 Å². The Kier molecular flexibility index (Phi) is 46.8.